The second-order valence-corrected chi connectivity index (χ2v) is 8.95. The normalized spacial score (nSPS) is 18.8. The summed E-state index contributed by atoms with van der Waals surface area (Å²) in [5.74, 6) is -5.83. The first-order valence-electron chi connectivity index (χ1n) is 10.5. The van der Waals surface area contributed by atoms with E-state index in [2.05, 4.69) is 10.3 Å². The van der Waals surface area contributed by atoms with E-state index < -0.39 is 54.3 Å². The van der Waals surface area contributed by atoms with Crippen LogP contribution in [-0.4, -0.2) is 46.1 Å². The highest BCUT2D eigenvalue weighted by Gasteiger charge is 2.56. The molecule has 0 fully saturated rings. The number of benzene rings is 2. The van der Waals surface area contributed by atoms with Crippen molar-refractivity contribution in [2.75, 3.05) is 23.4 Å². The Kier molecular flexibility index (Phi) is 6.98. The molecule has 0 saturated heterocycles. The number of pyridine rings is 1. The Labute approximate surface area is 213 Å². The Morgan fingerprint density at radius 2 is 1.86 bits per heavy atom. The molecule has 12 heteroatoms. The van der Waals surface area contributed by atoms with Gasteiger partial charge in [0.25, 0.3) is 17.7 Å². The number of nitrogens with one attached hydrogen (secondary N) is 1. The number of halogens is 5. The molecular weight excluding hydrogens is 522 g/mol. The number of rotatable bonds is 4. The van der Waals surface area contributed by atoms with Crippen molar-refractivity contribution in [1.82, 2.24) is 4.98 Å². The van der Waals surface area contributed by atoms with Crippen molar-refractivity contribution in [3.8, 4) is 0 Å². The average Bonchev–Trinajstić information content (AvgIpc) is 2.93. The zero-order chi connectivity index (χ0) is 26.3. The molecule has 7 nitrogen and oxygen atoms in total. The van der Waals surface area contributed by atoms with Crippen LogP contribution >= 0.6 is 23.2 Å². The van der Waals surface area contributed by atoms with Gasteiger partial charge in [-0.05, 0) is 48.5 Å². The van der Waals surface area contributed by atoms with Crippen LogP contribution in [0, 0.1) is 5.82 Å². The number of amides is 2. The van der Waals surface area contributed by atoms with Crippen LogP contribution in [0.4, 0.5) is 24.7 Å². The molecule has 2 amide bonds. The number of anilines is 2. The topological polar surface area (TPSA) is 103 Å². The van der Waals surface area contributed by atoms with E-state index >= 15 is 0 Å². The van der Waals surface area contributed by atoms with E-state index in [4.69, 9.17) is 23.2 Å². The molecule has 0 unspecified atom stereocenters. The minimum absolute atomic E-state index is 0.00422. The molecule has 3 N–H and O–H groups in total. The van der Waals surface area contributed by atoms with Gasteiger partial charge in [-0.15, -0.1) is 0 Å². The number of hydrogen-bond acceptors (Lipinski definition) is 5. The number of aliphatic hydroxyl groups is 2. The first kappa shape index (κ1) is 25.9. The van der Waals surface area contributed by atoms with Gasteiger partial charge in [0, 0.05) is 29.7 Å². The third-order valence-corrected chi connectivity index (χ3v) is 6.41. The number of carbonyl (C=O) groups excluding carboxylic acids is 2. The number of alkyl halides is 2. The number of fused-ring (bicyclic) bond motifs is 1. The molecule has 36 heavy (non-hydrogen) atoms. The minimum Gasteiger partial charge on any atom is -0.393 e. The highest BCUT2D eigenvalue weighted by Crippen LogP contribution is 2.47. The van der Waals surface area contributed by atoms with Gasteiger partial charge in [-0.3, -0.25) is 9.59 Å². The highest BCUT2D eigenvalue weighted by molar-refractivity contribution is 6.34. The maximum Gasteiger partial charge on any atom is 0.284 e. The molecule has 0 aliphatic carbocycles. The van der Waals surface area contributed by atoms with Crippen LogP contribution in [0.1, 0.15) is 32.7 Å². The Morgan fingerprint density at radius 3 is 2.53 bits per heavy atom. The summed E-state index contributed by atoms with van der Waals surface area (Å²) in [6.07, 6.45) is 0.195. The smallest absolute Gasteiger partial charge is 0.284 e. The molecule has 4 rings (SSSR count). The van der Waals surface area contributed by atoms with Crippen molar-refractivity contribution < 1.29 is 33.0 Å². The fraction of sp³-hybridized carbons (Fsp3) is 0.208. The van der Waals surface area contributed by atoms with E-state index in [1.54, 1.807) is 0 Å². The number of hydrogen-bond donors (Lipinski definition) is 3. The van der Waals surface area contributed by atoms with E-state index in [-0.39, 0.29) is 32.7 Å². The minimum atomic E-state index is -3.76. The zero-order valence-corrected chi connectivity index (χ0v) is 19.8. The van der Waals surface area contributed by atoms with Crippen LogP contribution in [-0.2, 0) is 5.60 Å². The average molecular weight is 540 g/mol. The molecule has 3 aromatic rings. The summed E-state index contributed by atoms with van der Waals surface area (Å²) in [6.45, 7) is -1.76. The Hall–Kier alpha value is -3.18. The van der Waals surface area contributed by atoms with E-state index in [9.17, 15) is 33.0 Å². The monoisotopic (exact) mass is 539 g/mol. The van der Waals surface area contributed by atoms with Gasteiger partial charge in [-0.25, -0.2) is 18.2 Å². The van der Waals surface area contributed by atoms with Crippen LogP contribution in [0.25, 0.3) is 0 Å². The number of carbonyl (C=O) groups is 2. The van der Waals surface area contributed by atoms with Crippen LogP contribution in [0.15, 0.2) is 54.7 Å². The van der Waals surface area contributed by atoms with Crippen LogP contribution in [0.2, 0.25) is 10.0 Å². The summed E-state index contributed by atoms with van der Waals surface area (Å²) in [5.41, 5.74) is -3.51. The van der Waals surface area contributed by atoms with Crippen molar-refractivity contribution in [2.45, 2.75) is 17.9 Å². The first-order chi connectivity index (χ1) is 17.0. The molecule has 1 atom stereocenters. The lowest BCUT2D eigenvalue weighted by Crippen LogP contribution is -2.48. The largest absolute Gasteiger partial charge is 0.393 e. The Morgan fingerprint density at radius 1 is 1.11 bits per heavy atom. The van der Waals surface area contributed by atoms with E-state index in [1.807, 2.05) is 0 Å². The number of aliphatic hydroxyl groups excluding tert-OH is 1. The SMILES string of the molecule is O=C(Nc1ccc(C(=O)N2CCC(F)(F)[C@](O)(CO)c3cc(Cl)ccc32)cn1)c1cc(F)ccc1Cl. The zero-order valence-electron chi connectivity index (χ0n) is 18.3. The van der Waals surface area contributed by atoms with E-state index in [0.717, 1.165) is 29.3 Å². The van der Waals surface area contributed by atoms with Crippen LogP contribution < -0.4 is 10.2 Å². The maximum atomic E-state index is 14.9. The van der Waals surface area contributed by atoms with Gasteiger partial charge in [0.15, 0.2) is 5.60 Å². The van der Waals surface area contributed by atoms with Crippen molar-refractivity contribution in [2.24, 2.45) is 0 Å². The van der Waals surface area contributed by atoms with Gasteiger partial charge in [0.1, 0.15) is 11.6 Å². The van der Waals surface area contributed by atoms with Gasteiger partial charge >= 0.3 is 0 Å². The van der Waals surface area contributed by atoms with Gasteiger partial charge in [-0.1, -0.05) is 23.2 Å². The fourth-order valence-electron chi connectivity index (χ4n) is 3.87. The Balaban J connectivity index is 1.62. The molecule has 1 aliphatic heterocycles. The summed E-state index contributed by atoms with van der Waals surface area (Å²) in [7, 11) is 0. The molecular formula is C24H18Cl2F3N3O4. The summed E-state index contributed by atoms with van der Waals surface area (Å²) >= 11 is 11.9. The molecule has 0 bridgehead atoms. The lowest BCUT2D eigenvalue weighted by atomic mass is 9.86. The van der Waals surface area contributed by atoms with Gasteiger partial charge < -0.3 is 20.4 Å². The third kappa shape index (κ3) is 4.64. The fourth-order valence-corrected chi connectivity index (χ4v) is 4.24. The summed E-state index contributed by atoms with van der Waals surface area (Å²) in [6, 6.07) is 9.67. The van der Waals surface area contributed by atoms with Gasteiger partial charge in [-0.2, -0.15) is 0 Å². The molecule has 2 aromatic carbocycles. The molecule has 2 heterocycles. The van der Waals surface area contributed by atoms with Crippen LogP contribution in [0.5, 0.6) is 0 Å². The summed E-state index contributed by atoms with van der Waals surface area (Å²) in [5, 5.41) is 22.9. The molecule has 0 radical (unpaired) electrons. The molecule has 0 saturated carbocycles. The highest BCUT2D eigenvalue weighted by atomic mass is 35.5. The molecule has 1 aliphatic rings. The van der Waals surface area contributed by atoms with Crippen molar-refractivity contribution >= 4 is 46.5 Å². The van der Waals surface area contributed by atoms with Crippen molar-refractivity contribution in [3.63, 3.8) is 0 Å². The molecule has 1 aromatic heterocycles. The predicted octanol–water partition coefficient (Wildman–Crippen LogP) is 4.65. The third-order valence-electron chi connectivity index (χ3n) is 5.85. The lowest BCUT2D eigenvalue weighted by Gasteiger charge is -2.33. The van der Waals surface area contributed by atoms with Gasteiger partial charge in [0.05, 0.1) is 28.4 Å². The number of nitrogens with zero attached hydrogens (tertiary/aromatic N) is 2. The van der Waals surface area contributed by atoms with Crippen LogP contribution in [0.3, 0.4) is 0 Å². The maximum absolute atomic E-state index is 14.9. The van der Waals surface area contributed by atoms with Crippen molar-refractivity contribution in [3.05, 3.63) is 87.3 Å². The second-order valence-electron chi connectivity index (χ2n) is 8.10. The quantitative estimate of drug-likeness (QED) is 0.448. The Bertz CT molecular complexity index is 1340. The first-order valence-corrected chi connectivity index (χ1v) is 11.3. The predicted molar refractivity (Wildman–Crippen MR) is 127 cm³/mol. The van der Waals surface area contributed by atoms with E-state index in [0.29, 0.717) is 0 Å². The van der Waals surface area contributed by atoms with Crippen molar-refractivity contribution in [1.29, 1.82) is 0 Å². The summed E-state index contributed by atoms with van der Waals surface area (Å²) in [4.78, 5) is 30.7. The standard InChI is InChI=1S/C24H18Cl2F3N3O4/c25-14-2-5-19-17(9-14)23(36,12-33)24(28,29)7-8-32(19)22(35)13-1-6-20(30-11-13)31-21(34)16-10-15(27)3-4-18(16)26/h1-6,9-11,33,36H,7-8,12H2,(H,30,31,34)/t23-/m0/s1. The number of aromatic nitrogens is 1. The van der Waals surface area contributed by atoms with E-state index in [1.165, 1.54) is 30.3 Å². The van der Waals surface area contributed by atoms with Gasteiger partial charge in [0.2, 0.25) is 0 Å². The summed E-state index contributed by atoms with van der Waals surface area (Å²) < 4.78 is 43.2. The molecule has 0 spiro atoms. The second kappa shape index (κ2) is 9.70. The lowest BCUT2D eigenvalue weighted by molar-refractivity contribution is -0.205. The molecule has 188 valence electrons.